The SMILES string of the molecule is CNCCOCCOCCOCCN(C)CC(C)CSSC. The molecular formula is C15H34N2O3S2. The highest BCUT2D eigenvalue weighted by atomic mass is 33.1. The van der Waals surface area contributed by atoms with Gasteiger partial charge in [0.05, 0.1) is 39.6 Å². The van der Waals surface area contributed by atoms with Gasteiger partial charge < -0.3 is 24.4 Å². The second-order valence-corrected chi connectivity index (χ2v) is 7.87. The lowest BCUT2D eigenvalue weighted by atomic mass is 10.2. The third-order valence-corrected chi connectivity index (χ3v) is 5.01. The molecule has 1 N–H and O–H groups in total. The van der Waals surface area contributed by atoms with Gasteiger partial charge in [0, 0.05) is 25.4 Å². The molecule has 0 radical (unpaired) electrons. The Labute approximate surface area is 144 Å². The molecule has 22 heavy (non-hydrogen) atoms. The quantitative estimate of drug-likeness (QED) is 0.316. The van der Waals surface area contributed by atoms with Crippen LogP contribution >= 0.6 is 21.6 Å². The summed E-state index contributed by atoms with van der Waals surface area (Å²) in [7, 11) is 7.84. The smallest absolute Gasteiger partial charge is 0.0701 e. The zero-order valence-electron chi connectivity index (χ0n) is 14.6. The summed E-state index contributed by atoms with van der Waals surface area (Å²) < 4.78 is 16.4. The number of hydrogen-bond donors (Lipinski definition) is 1. The maximum absolute atomic E-state index is 5.59. The van der Waals surface area contributed by atoms with Crippen molar-refractivity contribution in [2.45, 2.75) is 6.92 Å². The first kappa shape index (κ1) is 22.5. The van der Waals surface area contributed by atoms with E-state index in [1.807, 2.05) is 28.6 Å². The van der Waals surface area contributed by atoms with Crippen molar-refractivity contribution < 1.29 is 14.2 Å². The van der Waals surface area contributed by atoms with Crippen molar-refractivity contribution in [3.05, 3.63) is 0 Å². The van der Waals surface area contributed by atoms with Gasteiger partial charge in [-0.25, -0.2) is 0 Å². The zero-order valence-corrected chi connectivity index (χ0v) is 16.3. The molecule has 0 saturated heterocycles. The Morgan fingerprint density at radius 3 is 2.18 bits per heavy atom. The van der Waals surface area contributed by atoms with Crippen LogP contribution in [0.2, 0.25) is 0 Å². The summed E-state index contributed by atoms with van der Waals surface area (Å²) in [6.07, 6.45) is 2.13. The highest BCUT2D eigenvalue weighted by Crippen LogP contribution is 2.20. The number of hydrogen-bond acceptors (Lipinski definition) is 7. The fraction of sp³-hybridized carbons (Fsp3) is 1.00. The Balaban J connectivity index is 3.21. The molecule has 0 aliphatic carbocycles. The Morgan fingerprint density at radius 1 is 1.00 bits per heavy atom. The van der Waals surface area contributed by atoms with Crippen LogP contribution in [0.3, 0.4) is 0 Å². The largest absolute Gasteiger partial charge is 0.378 e. The van der Waals surface area contributed by atoms with Gasteiger partial charge in [0.1, 0.15) is 0 Å². The van der Waals surface area contributed by atoms with Crippen LogP contribution in [0.4, 0.5) is 0 Å². The average Bonchev–Trinajstić information content (AvgIpc) is 2.50. The fourth-order valence-electron chi connectivity index (χ4n) is 1.80. The minimum atomic E-state index is 0.637. The van der Waals surface area contributed by atoms with E-state index < -0.39 is 0 Å². The predicted molar refractivity (Wildman–Crippen MR) is 99.0 cm³/mol. The van der Waals surface area contributed by atoms with Gasteiger partial charge in [0.2, 0.25) is 0 Å². The molecule has 0 aliphatic rings. The van der Waals surface area contributed by atoms with Crippen LogP contribution in [0.1, 0.15) is 6.92 Å². The van der Waals surface area contributed by atoms with Gasteiger partial charge >= 0.3 is 0 Å². The third-order valence-electron chi connectivity index (χ3n) is 2.95. The van der Waals surface area contributed by atoms with Gasteiger partial charge in [-0.2, -0.15) is 0 Å². The van der Waals surface area contributed by atoms with Crippen LogP contribution in [0.5, 0.6) is 0 Å². The number of ether oxygens (including phenoxy) is 3. The monoisotopic (exact) mass is 354 g/mol. The maximum atomic E-state index is 5.59. The second-order valence-electron chi connectivity index (χ2n) is 5.26. The van der Waals surface area contributed by atoms with Gasteiger partial charge in [-0.1, -0.05) is 28.5 Å². The molecular weight excluding hydrogens is 320 g/mol. The molecule has 0 aromatic heterocycles. The molecule has 0 aromatic carbocycles. The van der Waals surface area contributed by atoms with Crippen molar-refractivity contribution in [3.8, 4) is 0 Å². The van der Waals surface area contributed by atoms with E-state index >= 15 is 0 Å². The Kier molecular flexibility index (Phi) is 18.3. The number of nitrogens with one attached hydrogen (secondary N) is 1. The van der Waals surface area contributed by atoms with Crippen LogP contribution in [0.15, 0.2) is 0 Å². The molecule has 0 spiro atoms. The van der Waals surface area contributed by atoms with Crippen LogP contribution in [0.25, 0.3) is 0 Å². The molecule has 0 amide bonds. The van der Waals surface area contributed by atoms with E-state index in [0.717, 1.165) is 32.8 Å². The first-order valence-electron chi connectivity index (χ1n) is 7.92. The van der Waals surface area contributed by atoms with E-state index in [2.05, 4.69) is 30.4 Å². The van der Waals surface area contributed by atoms with E-state index in [9.17, 15) is 0 Å². The molecule has 134 valence electrons. The van der Waals surface area contributed by atoms with Crippen LogP contribution in [-0.4, -0.2) is 90.3 Å². The number of likely N-dealkylation sites (N-methyl/N-ethyl adjacent to an activating group) is 2. The highest BCUT2D eigenvalue weighted by Gasteiger charge is 2.06. The topological polar surface area (TPSA) is 43.0 Å². The van der Waals surface area contributed by atoms with Gasteiger partial charge in [-0.05, 0) is 26.3 Å². The van der Waals surface area contributed by atoms with Crippen molar-refractivity contribution >= 4 is 21.6 Å². The molecule has 0 aliphatic heterocycles. The minimum absolute atomic E-state index is 0.637. The number of nitrogens with zero attached hydrogens (tertiary/aromatic N) is 1. The minimum Gasteiger partial charge on any atom is -0.378 e. The van der Waals surface area contributed by atoms with Crippen molar-refractivity contribution in [1.29, 1.82) is 0 Å². The molecule has 0 bridgehead atoms. The Morgan fingerprint density at radius 2 is 1.59 bits per heavy atom. The van der Waals surface area contributed by atoms with Gasteiger partial charge in [0.15, 0.2) is 0 Å². The molecule has 1 unspecified atom stereocenters. The van der Waals surface area contributed by atoms with Gasteiger partial charge in [-0.3, -0.25) is 0 Å². The molecule has 0 saturated carbocycles. The molecule has 0 heterocycles. The summed E-state index contributed by atoms with van der Waals surface area (Å²) in [5.41, 5.74) is 0. The second kappa shape index (κ2) is 17.8. The van der Waals surface area contributed by atoms with E-state index in [1.165, 1.54) is 5.75 Å². The predicted octanol–water partition coefficient (Wildman–Crippen LogP) is 1.83. The molecule has 0 aromatic rings. The standard InChI is InChI=1S/C15H34N2O3S2/c1-15(14-22-21-4)13-17(3)6-8-19-10-12-20-11-9-18-7-5-16-2/h15-16H,5-14H2,1-4H3. The van der Waals surface area contributed by atoms with Crippen molar-refractivity contribution in [2.24, 2.45) is 5.92 Å². The van der Waals surface area contributed by atoms with Crippen molar-refractivity contribution in [1.82, 2.24) is 10.2 Å². The van der Waals surface area contributed by atoms with E-state index in [0.29, 0.717) is 32.3 Å². The lowest BCUT2D eigenvalue weighted by Crippen LogP contribution is -2.29. The zero-order chi connectivity index (χ0) is 16.5. The van der Waals surface area contributed by atoms with E-state index in [-0.39, 0.29) is 0 Å². The fourth-order valence-corrected chi connectivity index (χ4v) is 3.38. The van der Waals surface area contributed by atoms with Crippen LogP contribution in [-0.2, 0) is 14.2 Å². The van der Waals surface area contributed by atoms with Gasteiger partial charge in [-0.15, -0.1) is 0 Å². The lowest BCUT2D eigenvalue weighted by Gasteiger charge is -2.20. The summed E-state index contributed by atoms with van der Waals surface area (Å²) >= 11 is 0. The normalized spacial score (nSPS) is 13.0. The average molecular weight is 355 g/mol. The van der Waals surface area contributed by atoms with Crippen LogP contribution < -0.4 is 5.32 Å². The van der Waals surface area contributed by atoms with Gasteiger partial charge in [0.25, 0.3) is 0 Å². The summed E-state index contributed by atoms with van der Waals surface area (Å²) in [6.45, 7) is 9.35. The van der Waals surface area contributed by atoms with Crippen molar-refractivity contribution in [2.75, 3.05) is 85.4 Å². The molecule has 5 nitrogen and oxygen atoms in total. The molecule has 0 rings (SSSR count). The first-order valence-corrected chi connectivity index (χ1v) is 10.6. The molecule has 7 heteroatoms. The maximum Gasteiger partial charge on any atom is 0.0701 e. The van der Waals surface area contributed by atoms with E-state index in [4.69, 9.17) is 14.2 Å². The first-order chi connectivity index (χ1) is 10.7. The van der Waals surface area contributed by atoms with Crippen LogP contribution in [0, 0.1) is 5.92 Å². The van der Waals surface area contributed by atoms with Crippen molar-refractivity contribution in [3.63, 3.8) is 0 Å². The summed E-state index contributed by atoms with van der Waals surface area (Å²) in [5.74, 6) is 1.92. The Hall–Kier alpha value is 0.500. The summed E-state index contributed by atoms with van der Waals surface area (Å²) in [5, 5.41) is 3.03. The molecule has 0 fully saturated rings. The number of rotatable bonds is 17. The summed E-state index contributed by atoms with van der Waals surface area (Å²) in [6, 6.07) is 0. The lowest BCUT2D eigenvalue weighted by molar-refractivity contribution is 0.0119. The Bertz CT molecular complexity index is 227. The van der Waals surface area contributed by atoms with E-state index in [1.54, 1.807) is 0 Å². The third kappa shape index (κ3) is 16.9. The molecule has 1 atom stereocenters. The summed E-state index contributed by atoms with van der Waals surface area (Å²) in [4.78, 5) is 2.34. The highest BCUT2D eigenvalue weighted by molar-refractivity contribution is 8.76.